The van der Waals surface area contributed by atoms with Gasteiger partial charge in [0.1, 0.15) is 0 Å². The molecule has 0 aromatic heterocycles. The molecule has 0 amide bonds. The first-order valence-corrected chi connectivity index (χ1v) is 8.71. The summed E-state index contributed by atoms with van der Waals surface area (Å²) in [6, 6.07) is 0. The van der Waals surface area contributed by atoms with Crippen LogP contribution in [-0.2, 0) is 10.2 Å². The number of piperidine rings is 2. The van der Waals surface area contributed by atoms with E-state index in [0.29, 0.717) is 32.1 Å². The fourth-order valence-corrected chi connectivity index (χ4v) is 4.48. The first-order chi connectivity index (χ1) is 8.87. The average molecular weight is 289 g/mol. The molecule has 0 aliphatic carbocycles. The van der Waals surface area contributed by atoms with Gasteiger partial charge < -0.3 is 5.32 Å². The minimum Gasteiger partial charge on any atom is -0.314 e. The van der Waals surface area contributed by atoms with Crippen molar-refractivity contribution < 1.29 is 8.42 Å². The minimum atomic E-state index is -3.23. The van der Waals surface area contributed by atoms with Crippen molar-refractivity contribution in [2.24, 2.45) is 5.92 Å². The zero-order valence-electron chi connectivity index (χ0n) is 12.4. The van der Waals surface area contributed by atoms with Crippen LogP contribution in [-0.4, -0.2) is 55.8 Å². The Balaban J connectivity index is 1.98. The molecule has 0 radical (unpaired) electrons. The summed E-state index contributed by atoms with van der Waals surface area (Å²) in [5, 5.41) is 3.30. The quantitative estimate of drug-likeness (QED) is 0.844. The van der Waals surface area contributed by atoms with Crippen LogP contribution in [0.4, 0.5) is 0 Å². The molecule has 6 heteroatoms. The van der Waals surface area contributed by atoms with Gasteiger partial charge in [-0.15, -0.1) is 0 Å². The van der Waals surface area contributed by atoms with Crippen molar-refractivity contribution in [2.75, 3.05) is 33.2 Å². The Hall–Kier alpha value is -0.170. The van der Waals surface area contributed by atoms with Gasteiger partial charge in [-0.25, -0.2) is 0 Å². The highest BCUT2D eigenvalue weighted by Gasteiger charge is 2.37. The van der Waals surface area contributed by atoms with E-state index in [1.54, 1.807) is 8.61 Å². The van der Waals surface area contributed by atoms with Gasteiger partial charge in [0.25, 0.3) is 10.2 Å². The van der Waals surface area contributed by atoms with Crippen molar-refractivity contribution in [1.82, 2.24) is 13.9 Å². The summed E-state index contributed by atoms with van der Waals surface area (Å²) in [7, 11) is -1.27. The molecule has 2 heterocycles. The lowest BCUT2D eigenvalue weighted by atomic mass is 9.91. The van der Waals surface area contributed by atoms with Crippen LogP contribution < -0.4 is 5.32 Å². The van der Waals surface area contributed by atoms with E-state index in [1.165, 1.54) is 0 Å². The molecule has 1 N–H and O–H groups in total. The molecule has 19 heavy (non-hydrogen) atoms. The Labute approximate surface area is 117 Å². The van der Waals surface area contributed by atoms with Crippen LogP contribution in [0.3, 0.4) is 0 Å². The van der Waals surface area contributed by atoms with E-state index in [1.807, 2.05) is 7.05 Å². The smallest absolute Gasteiger partial charge is 0.281 e. The molecule has 0 aromatic rings. The first-order valence-electron chi connectivity index (χ1n) is 7.31. The highest BCUT2D eigenvalue weighted by Crippen LogP contribution is 2.26. The summed E-state index contributed by atoms with van der Waals surface area (Å²) >= 11 is 0. The normalized spacial score (nSPS) is 27.5. The third-order valence-corrected chi connectivity index (χ3v) is 6.86. The van der Waals surface area contributed by atoms with Crippen molar-refractivity contribution in [1.29, 1.82) is 0 Å². The average Bonchev–Trinajstić information content (AvgIpc) is 2.40. The van der Waals surface area contributed by atoms with E-state index < -0.39 is 10.2 Å². The van der Waals surface area contributed by atoms with E-state index in [-0.39, 0.29) is 5.54 Å². The first kappa shape index (κ1) is 15.2. The second-order valence-corrected chi connectivity index (χ2v) is 8.23. The number of hydrogen-bond acceptors (Lipinski definition) is 3. The highest BCUT2D eigenvalue weighted by molar-refractivity contribution is 7.86. The van der Waals surface area contributed by atoms with Crippen LogP contribution in [0.25, 0.3) is 0 Å². The fraction of sp³-hybridized carbons (Fsp3) is 1.00. The molecule has 112 valence electrons. The number of hydrogen-bond donors (Lipinski definition) is 1. The molecule has 0 saturated carbocycles. The molecule has 0 bridgehead atoms. The number of nitrogens with one attached hydrogen (secondary N) is 1. The van der Waals surface area contributed by atoms with Crippen LogP contribution in [0, 0.1) is 5.92 Å². The molecule has 2 fully saturated rings. The molecule has 2 aliphatic heterocycles. The van der Waals surface area contributed by atoms with Gasteiger partial charge in [0, 0.05) is 31.7 Å². The number of nitrogens with zero attached hydrogens (tertiary/aromatic N) is 2. The molecule has 0 atom stereocenters. The minimum absolute atomic E-state index is 0.0857. The molecule has 0 unspecified atom stereocenters. The van der Waals surface area contributed by atoms with Gasteiger partial charge >= 0.3 is 0 Å². The maximum Gasteiger partial charge on any atom is 0.281 e. The fourth-order valence-electron chi connectivity index (χ4n) is 2.84. The summed E-state index contributed by atoms with van der Waals surface area (Å²) in [6.45, 7) is 6.99. The lowest BCUT2D eigenvalue weighted by molar-refractivity contribution is 0.200. The maximum absolute atomic E-state index is 12.6. The van der Waals surface area contributed by atoms with Gasteiger partial charge in [-0.3, -0.25) is 0 Å². The second-order valence-electron chi connectivity index (χ2n) is 6.30. The van der Waals surface area contributed by atoms with E-state index >= 15 is 0 Å². The molecular formula is C13H27N3O2S. The van der Waals surface area contributed by atoms with Crippen molar-refractivity contribution in [3.63, 3.8) is 0 Å². The van der Waals surface area contributed by atoms with Crippen LogP contribution in [0.2, 0.25) is 0 Å². The standard InChI is InChI=1S/C13H27N3O2S/c1-12-4-8-15(9-5-12)19(17,18)16-10-6-13(2,14-3)7-11-16/h12,14H,4-11H2,1-3H3. The predicted molar refractivity (Wildman–Crippen MR) is 77.2 cm³/mol. The van der Waals surface area contributed by atoms with Gasteiger partial charge in [0.15, 0.2) is 0 Å². The van der Waals surface area contributed by atoms with Crippen molar-refractivity contribution >= 4 is 10.2 Å². The Morgan fingerprint density at radius 1 is 1.05 bits per heavy atom. The van der Waals surface area contributed by atoms with E-state index in [4.69, 9.17) is 0 Å². The third kappa shape index (κ3) is 3.29. The van der Waals surface area contributed by atoms with Crippen molar-refractivity contribution in [2.45, 2.75) is 45.1 Å². The highest BCUT2D eigenvalue weighted by atomic mass is 32.2. The molecule has 0 spiro atoms. The van der Waals surface area contributed by atoms with Gasteiger partial charge in [-0.2, -0.15) is 17.0 Å². The summed E-state index contributed by atoms with van der Waals surface area (Å²) in [4.78, 5) is 0. The van der Waals surface area contributed by atoms with E-state index in [0.717, 1.165) is 25.7 Å². The van der Waals surface area contributed by atoms with Gasteiger partial charge in [0.2, 0.25) is 0 Å². The van der Waals surface area contributed by atoms with E-state index in [9.17, 15) is 8.42 Å². The summed E-state index contributed by atoms with van der Waals surface area (Å²) < 4.78 is 28.5. The molecule has 0 aromatic carbocycles. The molecule has 2 rings (SSSR count). The lowest BCUT2D eigenvalue weighted by Gasteiger charge is -2.41. The topological polar surface area (TPSA) is 52.7 Å². The molecular weight excluding hydrogens is 262 g/mol. The third-order valence-electron chi connectivity index (χ3n) is 4.82. The summed E-state index contributed by atoms with van der Waals surface area (Å²) in [5.41, 5.74) is 0.0857. The van der Waals surface area contributed by atoms with Crippen molar-refractivity contribution in [3.05, 3.63) is 0 Å². The van der Waals surface area contributed by atoms with Gasteiger partial charge in [-0.05, 0) is 45.6 Å². The molecule has 5 nitrogen and oxygen atoms in total. The second kappa shape index (κ2) is 5.68. The van der Waals surface area contributed by atoms with Crippen LogP contribution in [0.15, 0.2) is 0 Å². The van der Waals surface area contributed by atoms with Gasteiger partial charge in [0.05, 0.1) is 0 Å². The summed E-state index contributed by atoms with van der Waals surface area (Å²) in [5.74, 6) is 0.653. The van der Waals surface area contributed by atoms with Crippen molar-refractivity contribution in [3.8, 4) is 0 Å². The Morgan fingerprint density at radius 3 is 2.00 bits per heavy atom. The molecule has 2 saturated heterocycles. The zero-order chi connectivity index (χ0) is 14.1. The van der Waals surface area contributed by atoms with E-state index in [2.05, 4.69) is 19.2 Å². The summed E-state index contributed by atoms with van der Waals surface area (Å²) in [6.07, 6.45) is 3.74. The maximum atomic E-state index is 12.6. The predicted octanol–water partition coefficient (Wildman–Crippen LogP) is 1.04. The monoisotopic (exact) mass is 289 g/mol. The Bertz CT molecular complexity index is 394. The zero-order valence-corrected chi connectivity index (χ0v) is 13.2. The van der Waals surface area contributed by atoms with Crippen LogP contribution >= 0.6 is 0 Å². The Morgan fingerprint density at radius 2 is 1.53 bits per heavy atom. The lowest BCUT2D eigenvalue weighted by Crippen LogP contribution is -2.55. The SMILES string of the molecule is CNC1(C)CCN(S(=O)(=O)N2CCC(C)CC2)CC1. The Kier molecular flexibility index (Phi) is 4.55. The van der Waals surface area contributed by atoms with Gasteiger partial charge in [-0.1, -0.05) is 6.92 Å². The number of rotatable bonds is 3. The largest absolute Gasteiger partial charge is 0.314 e. The molecule has 2 aliphatic rings. The van der Waals surface area contributed by atoms with Crippen LogP contribution in [0.1, 0.15) is 39.5 Å². The van der Waals surface area contributed by atoms with Crippen LogP contribution in [0.5, 0.6) is 0 Å².